The van der Waals surface area contributed by atoms with E-state index in [0.717, 1.165) is 53.6 Å². The number of piperidine rings is 1. The van der Waals surface area contributed by atoms with Crippen LogP contribution in [0.5, 0.6) is 0 Å². The second-order valence-corrected chi connectivity index (χ2v) is 11.0. The number of rotatable bonds is 8. The first kappa shape index (κ1) is 23.6. The molecular formula is C29H32N4S2. The first-order chi connectivity index (χ1) is 17.2. The van der Waals surface area contributed by atoms with Gasteiger partial charge in [-0.15, -0.1) is 22.7 Å². The third-order valence-electron chi connectivity index (χ3n) is 6.40. The average molecular weight is 501 g/mol. The first-order valence-corrected chi connectivity index (χ1v) is 14.0. The number of hydrogen-bond donors (Lipinski definition) is 2. The molecule has 0 atom stereocenters. The summed E-state index contributed by atoms with van der Waals surface area (Å²) in [6.07, 6.45) is 12.1. The molecule has 4 nitrogen and oxygen atoms in total. The molecule has 0 spiro atoms. The maximum atomic E-state index is 6.51. The second kappa shape index (κ2) is 10.7. The lowest BCUT2D eigenvalue weighted by molar-refractivity contribution is 0.290. The number of nitrogens with zero attached hydrogens (tertiary/aromatic N) is 2. The summed E-state index contributed by atoms with van der Waals surface area (Å²) < 4.78 is 0. The fraction of sp³-hybridized carbons (Fsp3) is 0.276. The highest BCUT2D eigenvalue weighted by Gasteiger charge is 2.24. The Balaban J connectivity index is 1.50. The van der Waals surface area contributed by atoms with Crippen LogP contribution < -0.4 is 11.1 Å². The van der Waals surface area contributed by atoms with Gasteiger partial charge in [-0.1, -0.05) is 18.7 Å². The zero-order valence-corrected chi connectivity index (χ0v) is 21.9. The molecule has 0 aromatic carbocycles. The summed E-state index contributed by atoms with van der Waals surface area (Å²) in [5.74, 6) is 0. The van der Waals surface area contributed by atoms with Gasteiger partial charge in [-0.2, -0.15) is 0 Å². The Hall–Kier alpha value is -3.09. The van der Waals surface area contributed by atoms with E-state index in [0.29, 0.717) is 5.69 Å². The number of pyridine rings is 1. The lowest BCUT2D eigenvalue weighted by Crippen LogP contribution is -2.31. The van der Waals surface area contributed by atoms with Crippen molar-refractivity contribution >= 4 is 34.1 Å². The third-order valence-corrected chi connectivity index (χ3v) is 8.57. The van der Waals surface area contributed by atoms with Crippen LogP contribution >= 0.6 is 22.7 Å². The molecule has 3 N–H and O–H groups in total. The molecule has 180 valence electrons. The van der Waals surface area contributed by atoms with Crippen LogP contribution in [-0.4, -0.2) is 23.0 Å². The Kier molecular flexibility index (Phi) is 7.21. The lowest BCUT2D eigenvalue weighted by atomic mass is 10.1. The number of allylic oxidation sites excluding steroid dienone is 4. The number of hydrogen-bond acceptors (Lipinski definition) is 6. The zero-order valence-electron chi connectivity index (χ0n) is 20.2. The molecular weight excluding hydrogens is 468 g/mol. The van der Waals surface area contributed by atoms with Gasteiger partial charge in [-0.3, -0.25) is 0 Å². The zero-order chi connectivity index (χ0) is 24.2. The quantitative estimate of drug-likeness (QED) is 0.312. The maximum absolute atomic E-state index is 6.51. The fourth-order valence-electron chi connectivity index (χ4n) is 4.47. The monoisotopic (exact) mass is 500 g/mol. The Bertz CT molecular complexity index is 1280. The van der Waals surface area contributed by atoms with Crippen LogP contribution in [0.25, 0.3) is 26.0 Å². The van der Waals surface area contributed by atoms with Crippen molar-refractivity contribution in [3.63, 3.8) is 0 Å². The highest BCUT2D eigenvalue weighted by atomic mass is 32.1. The number of likely N-dealkylation sites (tertiary alicyclic amines) is 1. The van der Waals surface area contributed by atoms with Gasteiger partial charge in [0.2, 0.25) is 0 Å². The molecule has 1 aliphatic heterocycles. The van der Waals surface area contributed by atoms with Crippen LogP contribution in [0, 0.1) is 0 Å². The van der Waals surface area contributed by atoms with Gasteiger partial charge in [-0.05, 0) is 92.5 Å². The molecule has 0 radical (unpaired) electrons. The molecule has 0 amide bonds. The van der Waals surface area contributed by atoms with Crippen LogP contribution in [0.15, 0.2) is 83.6 Å². The van der Waals surface area contributed by atoms with Gasteiger partial charge < -0.3 is 16.0 Å². The SMILES string of the molecule is C=C/C(NC(=C1CC1)c1nc(-c2ccc(-c3cccs3)s2)ccc1N)=C(\C=C/C)N1CCCCC1. The van der Waals surface area contributed by atoms with Crippen LogP contribution in [0.2, 0.25) is 0 Å². The van der Waals surface area contributed by atoms with E-state index in [1.54, 1.807) is 22.7 Å². The Labute approximate surface area is 216 Å². The minimum Gasteiger partial charge on any atom is -0.397 e. The summed E-state index contributed by atoms with van der Waals surface area (Å²) >= 11 is 3.54. The number of anilines is 1. The molecule has 4 heterocycles. The van der Waals surface area contributed by atoms with E-state index in [9.17, 15) is 0 Å². The smallest absolute Gasteiger partial charge is 0.110 e. The van der Waals surface area contributed by atoms with Gasteiger partial charge in [0.15, 0.2) is 0 Å². The van der Waals surface area contributed by atoms with Gasteiger partial charge in [0.25, 0.3) is 0 Å². The van der Waals surface area contributed by atoms with E-state index in [1.165, 1.54) is 40.3 Å². The Morgan fingerprint density at radius 1 is 1.06 bits per heavy atom. The maximum Gasteiger partial charge on any atom is 0.110 e. The highest BCUT2D eigenvalue weighted by molar-refractivity contribution is 7.23. The van der Waals surface area contributed by atoms with E-state index in [2.05, 4.69) is 65.5 Å². The number of aromatic nitrogens is 1. The molecule has 3 aromatic heterocycles. The molecule has 0 unspecified atom stereocenters. The standard InChI is InChI=1S/C29H32N4S2/c1-3-9-24(33-17-6-5-7-18-33)22(4-2)31-28(20-11-12-20)29-21(30)13-14-23(32-29)25-15-16-27(35-25)26-10-8-19-34-26/h3-4,8-10,13-16,19,31H,2,5-7,11-12,17-18,30H2,1H3/b9-3-,24-22-. The molecule has 35 heavy (non-hydrogen) atoms. The van der Waals surface area contributed by atoms with Crippen molar-refractivity contribution in [1.82, 2.24) is 15.2 Å². The van der Waals surface area contributed by atoms with Crippen molar-refractivity contribution in [2.24, 2.45) is 0 Å². The third kappa shape index (κ3) is 5.29. The molecule has 1 aliphatic carbocycles. The van der Waals surface area contributed by atoms with Gasteiger partial charge in [0.05, 0.1) is 33.3 Å². The van der Waals surface area contributed by atoms with E-state index in [1.807, 2.05) is 18.2 Å². The summed E-state index contributed by atoms with van der Waals surface area (Å²) in [6.45, 7) is 8.37. The Morgan fingerprint density at radius 2 is 1.86 bits per heavy atom. The number of nitrogen functional groups attached to an aromatic ring is 1. The van der Waals surface area contributed by atoms with Gasteiger partial charge in [0.1, 0.15) is 5.69 Å². The minimum absolute atomic E-state index is 0.694. The van der Waals surface area contributed by atoms with Crippen LogP contribution in [-0.2, 0) is 0 Å². The van der Waals surface area contributed by atoms with E-state index < -0.39 is 0 Å². The number of nitrogens with one attached hydrogen (secondary N) is 1. The summed E-state index contributed by atoms with van der Waals surface area (Å²) in [5, 5.41) is 5.84. The van der Waals surface area contributed by atoms with E-state index >= 15 is 0 Å². The largest absolute Gasteiger partial charge is 0.397 e. The Morgan fingerprint density at radius 3 is 2.54 bits per heavy atom. The highest BCUT2D eigenvalue weighted by Crippen LogP contribution is 2.40. The van der Waals surface area contributed by atoms with E-state index in [-0.39, 0.29) is 0 Å². The summed E-state index contributed by atoms with van der Waals surface area (Å²) in [6, 6.07) is 12.6. The molecule has 2 aliphatic rings. The molecule has 6 heteroatoms. The summed E-state index contributed by atoms with van der Waals surface area (Å²) in [4.78, 5) is 11.3. The van der Waals surface area contributed by atoms with Crippen molar-refractivity contribution in [2.75, 3.05) is 18.8 Å². The molecule has 2 fully saturated rings. The van der Waals surface area contributed by atoms with Crippen LogP contribution in [0.4, 0.5) is 5.69 Å². The minimum atomic E-state index is 0.694. The van der Waals surface area contributed by atoms with Gasteiger partial charge in [-0.25, -0.2) is 4.98 Å². The van der Waals surface area contributed by atoms with E-state index in [4.69, 9.17) is 10.7 Å². The number of nitrogens with two attached hydrogens (primary N) is 1. The molecule has 5 rings (SSSR count). The lowest BCUT2D eigenvalue weighted by Gasteiger charge is -2.31. The van der Waals surface area contributed by atoms with Crippen molar-refractivity contribution in [3.8, 4) is 20.3 Å². The van der Waals surface area contributed by atoms with Crippen molar-refractivity contribution in [3.05, 3.63) is 89.2 Å². The molecule has 0 bridgehead atoms. The first-order valence-electron chi connectivity index (χ1n) is 12.3. The summed E-state index contributed by atoms with van der Waals surface area (Å²) in [5.41, 5.74) is 13.6. The number of thiophene rings is 2. The average Bonchev–Trinajstić information content (AvgIpc) is 3.36. The second-order valence-electron chi connectivity index (χ2n) is 8.93. The topological polar surface area (TPSA) is 54.2 Å². The molecule has 1 saturated heterocycles. The van der Waals surface area contributed by atoms with Crippen LogP contribution in [0.3, 0.4) is 0 Å². The van der Waals surface area contributed by atoms with Gasteiger partial charge >= 0.3 is 0 Å². The van der Waals surface area contributed by atoms with Crippen molar-refractivity contribution in [2.45, 2.75) is 39.0 Å². The van der Waals surface area contributed by atoms with Crippen molar-refractivity contribution < 1.29 is 0 Å². The molecule has 3 aromatic rings. The van der Waals surface area contributed by atoms with Crippen molar-refractivity contribution in [1.29, 1.82) is 0 Å². The summed E-state index contributed by atoms with van der Waals surface area (Å²) in [7, 11) is 0. The predicted molar refractivity (Wildman–Crippen MR) is 152 cm³/mol. The molecule has 1 saturated carbocycles. The van der Waals surface area contributed by atoms with Gasteiger partial charge in [0, 0.05) is 22.8 Å². The van der Waals surface area contributed by atoms with Crippen LogP contribution in [0.1, 0.15) is 44.7 Å². The normalized spacial score (nSPS) is 16.4. The fourth-order valence-corrected chi connectivity index (χ4v) is 6.28. The predicted octanol–water partition coefficient (Wildman–Crippen LogP) is 7.67.